The van der Waals surface area contributed by atoms with Crippen molar-refractivity contribution in [2.24, 2.45) is 0 Å². The minimum Gasteiger partial charge on any atom is -0.394 e. The minimum atomic E-state index is -4.47. The fourth-order valence-corrected chi connectivity index (χ4v) is 2.64. The summed E-state index contributed by atoms with van der Waals surface area (Å²) in [5.74, 6) is -0.482. The molecule has 0 heterocycles. The summed E-state index contributed by atoms with van der Waals surface area (Å²) >= 11 is 0. The second-order valence-electron chi connectivity index (χ2n) is 6.27. The van der Waals surface area contributed by atoms with E-state index in [1.807, 2.05) is 32.3 Å². The van der Waals surface area contributed by atoms with Crippen LogP contribution in [0.15, 0.2) is 72.5 Å². The number of amides is 1. The van der Waals surface area contributed by atoms with Crippen molar-refractivity contribution in [2.45, 2.75) is 19.5 Å². The van der Waals surface area contributed by atoms with Crippen LogP contribution in [0.4, 0.5) is 24.5 Å². The van der Waals surface area contributed by atoms with Gasteiger partial charge in [0.1, 0.15) is 0 Å². The van der Waals surface area contributed by atoms with Crippen LogP contribution in [-0.2, 0) is 6.18 Å². The Bertz CT molecular complexity index is 889. The van der Waals surface area contributed by atoms with Gasteiger partial charge < -0.3 is 16.0 Å². The number of anilines is 2. The third kappa shape index (κ3) is 6.71. The number of rotatable bonds is 8. The van der Waals surface area contributed by atoms with E-state index in [0.717, 1.165) is 24.1 Å². The van der Waals surface area contributed by atoms with Crippen LogP contribution >= 0.6 is 0 Å². The molecule has 0 unspecified atom stereocenters. The number of halogens is 3. The zero-order chi connectivity index (χ0) is 21.3. The lowest BCUT2D eigenvalue weighted by Gasteiger charge is -2.14. The third-order valence-corrected chi connectivity index (χ3v) is 4.20. The van der Waals surface area contributed by atoms with Gasteiger partial charge in [-0.1, -0.05) is 35.9 Å². The Kier molecular flexibility index (Phi) is 7.88. The van der Waals surface area contributed by atoms with E-state index in [2.05, 4.69) is 16.0 Å². The molecular formula is C22H24F3N3O. The van der Waals surface area contributed by atoms with Gasteiger partial charge in [-0.25, -0.2) is 0 Å². The van der Waals surface area contributed by atoms with Crippen LogP contribution in [0.25, 0.3) is 0 Å². The van der Waals surface area contributed by atoms with Crippen molar-refractivity contribution in [1.82, 2.24) is 5.32 Å². The zero-order valence-corrected chi connectivity index (χ0v) is 16.3. The largest absolute Gasteiger partial charge is 0.416 e. The second kappa shape index (κ2) is 10.4. The Hall–Kier alpha value is -3.22. The molecular weight excluding hydrogens is 379 g/mol. The highest BCUT2D eigenvalue weighted by atomic mass is 19.4. The van der Waals surface area contributed by atoms with E-state index in [9.17, 15) is 18.0 Å². The van der Waals surface area contributed by atoms with Crippen molar-refractivity contribution >= 4 is 17.3 Å². The van der Waals surface area contributed by atoms with E-state index >= 15 is 0 Å². The van der Waals surface area contributed by atoms with Crippen molar-refractivity contribution in [3.63, 3.8) is 0 Å². The molecule has 4 nitrogen and oxygen atoms in total. The quantitative estimate of drug-likeness (QED) is 0.515. The van der Waals surface area contributed by atoms with Gasteiger partial charge in [-0.05, 0) is 49.9 Å². The van der Waals surface area contributed by atoms with Crippen LogP contribution in [0.3, 0.4) is 0 Å². The van der Waals surface area contributed by atoms with E-state index in [-0.39, 0.29) is 5.69 Å². The Labute approximate surface area is 168 Å². The molecule has 0 aliphatic carbocycles. The van der Waals surface area contributed by atoms with E-state index < -0.39 is 17.6 Å². The molecule has 2 rings (SSSR count). The molecule has 0 saturated carbocycles. The van der Waals surface area contributed by atoms with Crippen LogP contribution in [0.5, 0.6) is 0 Å². The number of carbonyl (C=O) groups excluding carboxylic acids is 1. The van der Waals surface area contributed by atoms with E-state index in [1.54, 1.807) is 24.3 Å². The first-order valence-electron chi connectivity index (χ1n) is 9.13. The molecule has 0 atom stereocenters. The first-order valence-corrected chi connectivity index (χ1v) is 9.13. The molecule has 1 amide bonds. The normalized spacial score (nSPS) is 12.1. The smallest absolute Gasteiger partial charge is 0.394 e. The van der Waals surface area contributed by atoms with Crippen LogP contribution in [-0.4, -0.2) is 19.5 Å². The van der Waals surface area contributed by atoms with Crippen LogP contribution < -0.4 is 16.0 Å². The third-order valence-electron chi connectivity index (χ3n) is 4.20. The molecule has 7 heteroatoms. The maximum atomic E-state index is 12.9. The molecule has 0 bridgehead atoms. The van der Waals surface area contributed by atoms with Gasteiger partial charge in [-0.2, -0.15) is 13.2 Å². The Morgan fingerprint density at radius 1 is 1.10 bits per heavy atom. The Balaban J connectivity index is 2.11. The Morgan fingerprint density at radius 2 is 1.86 bits per heavy atom. The summed E-state index contributed by atoms with van der Waals surface area (Å²) in [4.78, 5) is 12.7. The molecule has 3 N–H and O–H groups in total. The van der Waals surface area contributed by atoms with Gasteiger partial charge in [0.25, 0.3) is 5.91 Å². The van der Waals surface area contributed by atoms with Gasteiger partial charge in [0.2, 0.25) is 0 Å². The van der Waals surface area contributed by atoms with Crippen LogP contribution in [0.1, 0.15) is 29.3 Å². The standard InChI is InChI=1S/C22H24F3N3O/c1-3-16(8-7-13-26-2)15-27-20-12-5-4-11-19(20)21(29)28-18-10-6-9-17(14-18)22(23,24)25/h3-7,9-14,26-27H,8,15H2,1-2H3,(H,28,29)/b13-7-,16-3+. The molecule has 29 heavy (non-hydrogen) atoms. The molecule has 2 aromatic carbocycles. The summed E-state index contributed by atoms with van der Waals surface area (Å²) in [6.45, 7) is 2.48. The number of para-hydroxylation sites is 1. The highest BCUT2D eigenvalue weighted by molar-refractivity contribution is 6.08. The van der Waals surface area contributed by atoms with Crippen LogP contribution in [0, 0.1) is 0 Å². The fraction of sp³-hybridized carbons (Fsp3) is 0.227. The molecule has 0 spiro atoms. The molecule has 154 valence electrons. The molecule has 2 aromatic rings. The number of alkyl halides is 3. The maximum absolute atomic E-state index is 12.9. The van der Waals surface area contributed by atoms with E-state index in [1.165, 1.54) is 12.1 Å². The summed E-state index contributed by atoms with van der Waals surface area (Å²) in [5, 5.41) is 8.70. The van der Waals surface area contributed by atoms with Crippen molar-refractivity contribution in [2.75, 3.05) is 24.2 Å². The van der Waals surface area contributed by atoms with Crippen molar-refractivity contribution in [3.8, 4) is 0 Å². The lowest BCUT2D eigenvalue weighted by Crippen LogP contribution is -2.16. The Morgan fingerprint density at radius 3 is 2.55 bits per heavy atom. The summed E-state index contributed by atoms with van der Waals surface area (Å²) in [6, 6.07) is 11.5. The van der Waals surface area contributed by atoms with Gasteiger partial charge in [0, 0.05) is 25.0 Å². The van der Waals surface area contributed by atoms with Crippen molar-refractivity contribution in [1.29, 1.82) is 0 Å². The number of hydrogen-bond donors (Lipinski definition) is 3. The fourth-order valence-electron chi connectivity index (χ4n) is 2.64. The van der Waals surface area contributed by atoms with E-state index in [4.69, 9.17) is 0 Å². The molecule has 0 aliphatic heterocycles. The molecule has 0 aromatic heterocycles. The number of allylic oxidation sites excluding steroid dienone is 2. The zero-order valence-electron chi connectivity index (χ0n) is 16.3. The highest BCUT2D eigenvalue weighted by Crippen LogP contribution is 2.31. The van der Waals surface area contributed by atoms with Gasteiger partial charge in [0.05, 0.1) is 11.1 Å². The summed E-state index contributed by atoms with van der Waals surface area (Å²) in [5.41, 5.74) is 1.37. The molecule has 0 radical (unpaired) electrons. The van der Waals surface area contributed by atoms with Gasteiger partial charge in [0.15, 0.2) is 0 Å². The van der Waals surface area contributed by atoms with Crippen molar-refractivity contribution in [3.05, 3.63) is 83.6 Å². The second-order valence-corrected chi connectivity index (χ2v) is 6.27. The predicted octanol–water partition coefficient (Wildman–Crippen LogP) is 5.44. The predicted molar refractivity (Wildman–Crippen MR) is 111 cm³/mol. The minimum absolute atomic E-state index is 0.0889. The van der Waals surface area contributed by atoms with Gasteiger partial charge in [-0.15, -0.1) is 0 Å². The molecule has 0 saturated heterocycles. The lowest BCUT2D eigenvalue weighted by molar-refractivity contribution is -0.137. The number of carbonyl (C=O) groups is 1. The highest BCUT2D eigenvalue weighted by Gasteiger charge is 2.30. The topological polar surface area (TPSA) is 53.2 Å². The summed E-state index contributed by atoms with van der Waals surface area (Å²) < 4.78 is 38.6. The van der Waals surface area contributed by atoms with Gasteiger partial charge in [-0.3, -0.25) is 4.79 Å². The molecule has 0 aliphatic rings. The first-order chi connectivity index (χ1) is 13.8. The molecule has 0 fully saturated rings. The van der Waals surface area contributed by atoms with Crippen LogP contribution in [0.2, 0.25) is 0 Å². The van der Waals surface area contributed by atoms with E-state index in [0.29, 0.717) is 17.8 Å². The number of hydrogen-bond acceptors (Lipinski definition) is 3. The summed E-state index contributed by atoms with van der Waals surface area (Å²) in [7, 11) is 1.82. The average Bonchev–Trinajstić information content (AvgIpc) is 2.70. The van der Waals surface area contributed by atoms with Crippen molar-refractivity contribution < 1.29 is 18.0 Å². The number of nitrogens with one attached hydrogen (secondary N) is 3. The lowest BCUT2D eigenvalue weighted by atomic mass is 10.1. The maximum Gasteiger partial charge on any atom is 0.416 e. The number of benzene rings is 2. The first kappa shape index (κ1) is 22.1. The average molecular weight is 403 g/mol. The summed E-state index contributed by atoms with van der Waals surface area (Å²) in [6.07, 6.45) is 2.12. The monoisotopic (exact) mass is 403 g/mol. The van der Waals surface area contributed by atoms with Gasteiger partial charge >= 0.3 is 6.18 Å². The SMILES string of the molecule is C/C=C(\C/C=C\NC)CNc1ccccc1C(=O)Nc1cccc(C(F)(F)F)c1.